The van der Waals surface area contributed by atoms with E-state index >= 15 is 0 Å². The second kappa shape index (κ2) is 7.47. The molecule has 1 saturated carbocycles. The molecule has 3 rings (SSSR count). The van der Waals surface area contributed by atoms with Crippen molar-refractivity contribution in [2.45, 2.75) is 16.7 Å². The fourth-order valence-electron chi connectivity index (χ4n) is 3.53. The van der Waals surface area contributed by atoms with Gasteiger partial charge in [0.15, 0.2) is 5.17 Å². The van der Waals surface area contributed by atoms with Crippen molar-refractivity contribution in [3.8, 4) is 0 Å². The van der Waals surface area contributed by atoms with E-state index in [1.165, 1.54) is 36.0 Å². The first kappa shape index (κ1) is 19.6. The standard InChI is InChI=1S/C18H22F2N4O2S/c1-26-7-6-23-15(25)4-5-17-9-14(17)18(10-19,24-16(22)27-17)12-8-11(21)2-3-13(12)20/h2-5,8,14H,6-7,9-10,21H2,1H3,(H2,22,24)(H,23,25)/b5-4+/t14-,17+,18-/m1/s1. The average molecular weight is 396 g/mol. The molecule has 0 unspecified atom stereocenters. The Hall–Kier alpha value is -2.13. The molecule has 3 atom stereocenters. The number of alkyl halides is 1. The van der Waals surface area contributed by atoms with Crippen LogP contribution in [-0.4, -0.2) is 42.8 Å². The van der Waals surface area contributed by atoms with Crippen LogP contribution in [0.5, 0.6) is 0 Å². The van der Waals surface area contributed by atoms with Crippen molar-refractivity contribution in [3.05, 3.63) is 41.7 Å². The molecule has 1 fully saturated rings. The molecule has 1 amide bonds. The van der Waals surface area contributed by atoms with Gasteiger partial charge in [-0.3, -0.25) is 4.79 Å². The molecule has 9 heteroatoms. The van der Waals surface area contributed by atoms with Crippen LogP contribution in [0.4, 0.5) is 14.5 Å². The molecule has 0 radical (unpaired) electrons. The lowest BCUT2D eigenvalue weighted by Gasteiger charge is -2.34. The highest BCUT2D eigenvalue weighted by molar-refractivity contribution is 8.15. The first-order valence-electron chi connectivity index (χ1n) is 8.49. The Kier molecular flexibility index (Phi) is 5.43. The minimum absolute atomic E-state index is 0.0954. The predicted octanol–water partition coefficient (Wildman–Crippen LogP) is 1.71. The predicted molar refractivity (Wildman–Crippen MR) is 103 cm³/mol. The molecule has 146 valence electrons. The number of methoxy groups -OCH3 is 1. The number of carbonyl (C=O) groups is 1. The van der Waals surface area contributed by atoms with Crippen molar-refractivity contribution >= 4 is 28.5 Å². The second-order valence-electron chi connectivity index (χ2n) is 6.68. The summed E-state index contributed by atoms with van der Waals surface area (Å²) < 4.78 is 33.0. The van der Waals surface area contributed by atoms with Gasteiger partial charge < -0.3 is 21.5 Å². The molecule has 1 aromatic carbocycles. The number of halogens is 2. The topological polar surface area (TPSA) is 103 Å². The van der Waals surface area contributed by atoms with Gasteiger partial charge in [-0.15, -0.1) is 0 Å². The van der Waals surface area contributed by atoms with Crippen LogP contribution >= 0.6 is 11.8 Å². The lowest BCUT2D eigenvalue weighted by Crippen LogP contribution is -2.39. The number of fused-ring (bicyclic) bond motifs is 1. The monoisotopic (exact) mass is 396 g/mol. The van der Waals surface area contributed by atoms with Crippen LogP contribution in [0.25, 0.3) is 0 Å². The fraction of sp³-hybridized carbons (Fsp3) is 0.444. The van der Waals surface area contributed by atoms with Crippen LogP contribution < -0.4 is 16.8 Å². The SMILES string of the molecule is COCCNC(=O)/C=C/[C@]12C[C@H]1[C@@](CF)(c1cc(N)ccc1F)N=C(N)S2. The number of nitrogens with zero attached hydrogens (tertiary/aromatic N) is 1. The van der Waals surface area contributed by atoms with Crippen molar-refractivity contribution < 1.29 is 18.3 Å². The van der Waals surface area contributed by atoms with Gasteiger partial charge in [-0.1, -0.05) is 17.8 Å². The van der Waals surface area contributed by atoms with E-state index in [9.17, 15) is 13.6 Å². The quantitative estimate of drug-likeness (QED) is 0.370. The number of hydrogen-bond donors (Lipinski definition) is 3. The number of benzene rings is 1. The van der Waals surface area contributed by atoms with Crippen molar-refractivity contribution in [2.24, 2.45) is 16.6 Å². The highest BCUT2D eigenvalue weighted by Crippen LogP contribution is 2.66. The number of amidine groups is 1. The van der Waals surface area contributed by atoms with Gasteiger partial charge in [-0.2, -0.15) is 0 Å². The number of amides is 1. The number of rotatable bonds is 7. The highest BCUT2D eigenvalue weighted by Gasteiger charge is 2.67. The molecule has 0 bridgehead atoms. The van der Waals surface area contributed by atoms with Crippen LogP contribution in [0.1, 0.15) is 12.0 Å². The summed E-state index contributed by atoms with van der Waals surface area (Å²) in [6.07, 6.45) is 3.64. The minimum Gasteiger partial charge on any atom is -0.399 e. The van der Waals surface area contributed by atoms with Gasteiger partial charge in [-0.25, -0.2) is 13.8 Å². The van der Waals surface area contributed by atoms with Gasteiger partial charge in [-0.05, 0) is 24.6 Å². The van der Waals surface area contributed by atoms with E-state index in [2.05, 4.69) is 10.3 Å². The largest absolute Gasteiger partial charge is 0.399 e. The number of hydrogen-bond acceptors (Lipinski definition) is 6. The number of nitrogen functional groups attached to an aromatic ring is 1. The van der Waals surface area contributed by atoms with E-state index in [-0.39, 0.29) is 22.6 Å². The van der Waals surface area contributed by atoms with Crippen molar-refractivity contribution in [1.29, 1.82) is 0 Å². The zero-order valence-corrected chi connectivity index (χ0v) is 15.7. The van der Waals surface area contributed by atoms with E-state index in [0.29, 0.717) is 25.3 Å². The normalized spacial score (nSPS) is 29.3. The number of thioether (sulfide) groups is 1. The molecular weight excluding hydrogens is 374 g/mol. The Morgan fingerprint density at radius 2 is 2.30 bits per heavy atom. The summed E-state index contributed by atoms with van der Waals surface area (Å²) in [4.78, 5) is 16.2. The Balaban J connectivity index is 1.88. The van der Waals surface area contributed by atoms with Crippen LogP contribution in [0.2, 0.25) is 0 Å². The molecule has 6 nitrogen and oxygen atoms in total. The van der Waals surface area contributed by atoms with E-state index in [0.717, 1.165) is 0 Å². The maximum atomic E-state index is 14.5. The van der Waals surface area contributed by atoms with Crippen LogP contribution in [0.3, 0.4) is 0 Å². The van der Waals surface area contributed by atoms with Gasteiger partial charge in [0.1, 0.15) is 18.0 Å². The second-order valence-corrected chi connectivity index (χ2v) is 8.06. The molecule has 27 heavy (non-hydrogen) atoms. The summed E-state index contributed by atoms with van der Waals surface area (Å²) in [5, 5.41) is 2.84. The lowest BCUT2D eigenvalue weighted by molar-refractivity contribution is -0.116. The summed E-state index contributed by atoms with van der Waals surface area (Å²) in [5.74, 6) is -1.19. The van der Waals surface area contributed by atoms with E-state index in [1.807, 2.05) is 0 Å². The average Bonchev–Trinajstić information content (AvgIpc) is 3.36. The van der Waals surface area contributed by atoms with Crippen LogP contribution in [0, 0.1) is 11.7 Å². The van der Waals surface area contributed by atoms with Crippen molar-refractivity contribution in [3.63, 3.8) is 0 Å². The summed E-state index contributed by atoms with van der Waals surface area (Å²) in [6.45, 7) is -0.119. The first-order valence-corrected chi connectivity index (χ1v) is 9.30. The van der Waals surface area contributed by atoms with Gasteiger partial charge in [0, 0.05) is 41.6 Å². The number of nitrogens with two attached hydrogens (primary N) is 2. The zero-order valence-electron chi connectivity index (χ0n) is 14.9. The van der Waals surface area contributed by atoms with E-state index < -0.39 is 22.8 Å². The van der Waals surface area contributed by atoms with Gasteiger partial charge in [0.25, 0.3) is 0 Å². The molecule has 0 spiro atoms. The molecule has 1 heterocycles. The molecule has 0 saturated heterocycles. The zero-order chi connectivity index (χ0) is 19.7. The van der Waals surface area contributed by atoms with Crippen molar-refractivity contribution in [2.75, 3.05) is 32.7 Å². The molecule has 2 aliphatic rings. The molecule has 1 aliphatic carbocycles. The third kappa shape index (κ3) is 3.66. The Labute approximate surface area is 160 Å². The van der Waals surface area contributed by atoms with Gasteiger partial charge >= 0.3 is 0 Å². The summed E-state index contributed by atoms with van der Waals surface area (Å²) in [5.41, 5.74) is 10.7. The molecule has 1 aliphatic heterocycles. The Morgan fingerprint density at radius 3 is 3.00 bits per heavy atom. The number of aliphatic imine (C=N–C) groups is 1. The maximum Gasteiger partial charge on any atom is 0.243 e. The fourth-order valence-corrected chi connectivity index (χ4v) is 4.85. The maximum absolute atomic E-state index is 14.5. The first-order chi connectivity index (χ1) is 12.9. The van der Waals surface area contributed by atoms with Crippen molar-refractivity contribution in [1.82, 2.24) is 5.32 Å². The van der Waals surface area contributed by atoms with Crippen LogP contribution in [0.15, 0.2) is 35.3 Å². The third-order valence-electron chi connectivity index (χ3n) is 4.92. The van der Waals surface area contributed by atoms with Gasteiger partial charge in [0.05, 0.1) is 6.61 Å². The summed E-state index contributed by atoms with van der Waals surface area (Å²) in [7, 11) is 1.54. The minimum atomic E-state index is -1.44. The summed E-state index contributed by atoms with van der Waals surface area (Å²) >= 11 is 1.27. The van der Waals surface area contributed by atoms with Gasteiger partial charge in [0.2, 0.25) is 5.91 Å². The number of anilines is 1. The third-order valence-corrected chi connectivity index (χ3v) is 6.18. The Morgan fingerprint density at radius 1 is 1.52 bits per heavy atom. The lowest BCUT2D eigenvalue weighted by atomic mass is 9.84. The smallest absolute Gasteiger partial charge is 0.243 e. The number of nitrogens with one attached hydrogen (secondary N) is 1. The molecule has 1 aromatic rings. The van der Waals surface area contributed by atoms with E-state index in [1.54, 1.807) is 13.2 Å². The van der Waals surface area contributed by atoms with Crippen LogP contribution in [-0.2, 0) is 15.1 Å². The summed E-state index contributed by atoms with van der Waals surface area (Å²) in [6, 6.07) is 4.03. The molecular formula is C18H22F2N4O2S. The number of ether oxygens (including phenoxy) is 1. The Bertz CT molecular complexity index is 804. The highest BCUT2D eigenvalue weighted by atomic mass is 32.2. The molecule has 5 N–H and O–H groups in total. The number of carbonyl (C=O) groups excluding carboxylic acids is 1. The van der Waals surface area contributed by atoms with E-state index in [4.69, 9.17) is 16.2 Å². The molecule has 0 aromatic heterocycles.